The second-order valence-corrected chi connectivity index (χ2v) is 7.07. The Morgan fingerprint density at radius 2 is 1.52 bits per heavy atom. The Morgan fingerprint density at radius 3 is 2.09 bits per heavy atom. The average molecular weight is 342 g/mol. The molecule has 2 aromatic rings. The van der Waals surface area contributed by atoms with Gasteiger partial charge in [-0.3, -0.25) is 0 Å². The summed E-state index contributed by atoms with van der Waals surface area (Å²) in [6, 6.07) is 9.45. The molecule has 0 aromatic heterocycles. The van der Waals surface area contributed by atoms with E-state index in [1.54, 1.807) is 6.07 Å². The first-order chi connectivity index (χ1) is 10.5. The Hall–Kier alpha value is -0.390. The van der Waals surface area contributed by atoms with Gasteiger partial charge in [0.05, 0.1) is 4.90 Å². The molecule has 0 saturated heterocycles. The third-order valence-electron chi connectivity index (χ3n) is 4.05. The van der Waals surface area contributed by atoms with E-state index in [9.17, 15) is 13.0 Å². The van der Waals surface area contributed by atoms with Crippen molar-refractivity contribution in [2.75, 3.05) is 0 Å². The predicted molar refractivity (Wildman–Crippen MR) is 89.1 cm³/mol. The van der Waals surface area contributed by atoms with Gasteiger partial charge in [0.15, 0.2) is 0 Å². The van der Waals surface area contributed by atoms with E-state index in [0.717, 1.165) is 48.4 Å². The summed E-state index contributed by atoms with van der Waals surface area (Å²) in [5.74, 6) is 0. The first kappa shape index (κ1) is 20.7. The van der Waals surface area contributed by atoms with E-state index in [-0.39, 0.29) is 34.5 Å². The molecule has 0 aliphatic rings. The van der Waals surface area contributed by atoms with Gasteiger partial charge in [0.1, 0.15) is 10.1 Å². The van der Waals surface area contributed by atoms with Crippen molar-refractivity contribution in [3.63, 3.8) is 0 Å². The van der Waals surface area contributed by atoms with Crippen molar-refractivity contribution in [1.29, 1.82) is 0 Å². The van der Waals surface area contributed by atoms with Crippen LogP contribution in [0.4, 0.5) is 0 Å². The topological polar surface area (TPSA) is 57.2 Å². The molecule has 0 saturated carbocycles. The fraction of sp³-hybridized carbons (Fsp3) is 0.444. The molecule has 0 aliphatic carbocycles. The second kappa shape index (κ2) is 9.19. The summed E-state index contributed by atoms with van der Waals surface area (Å²) in [7, 11) is -4.45. The summed E-state index contributed by atoms with van der Waals surface area (Å²) in [4.78, 5) is -0.0225. The van der Waals surface area contributed by atoms with Gasteiger partial charge in [0.25, 0.3) is 0 Å². The SMILES string of the molecule is CCCCc1cc(S(=O)(=O)[O-])c(CCCC)c2ccccc12.[Na+]. The quantitative estimate of drug-likeness (QED) is 0.565. The fourth-order valence-corrected chi connectivity index (χ4v) is 3.69. The van der Waals surface area contributed by atoms with Gasteiger partial charge in [-0.05, 0) is 53.6 Å². The van der Waals surface area contributed by atoms with Crippen molar-refractivity contribution in [3.05, 3.63) is 41.5 Å². The standard InChI is InChI=1S/C18H24O3S.Na/c1-3-5-9-14-13-18(22(19,20)21)17(10-6-4-2)16-12-8-7-11-15(14)16;/h7-8,11-13H,3-6,9-10H2,1-2H3,(H,19,20,21);/q;+1/p-1. The number of rotatable bonds is 7. The first-order valence-electron chi connectivity index (χ1n) is 7.98. The van der Waals surface area contributed by atoms with Crippen LogP contribution in [0.3, 0.4) is 0 Å². The Balaban J connectivity index is 0.00000264. The Labute approximate surface area is 161 Å². The van der Waals surface area contributed by atoms with Crippen molar-refractivity contribution < 1.29 is 42.5 Å². The zero-order valence-corrected chi connectivity index (χ0v) is 17.1. The summed E-state index contributed by atoms with van der Waals surface area (Å²) in [6.07, 6.45) is 5.28. The summed E-state index contributed by atoms with van der Waals surface area (Å²) in [5.41, 5.74) is 1.65. The maximum Gasteiger partial charge on any atom is 1.00 e. The molecule has 5 heteroatoms. The van der Waals surface area contributed by atoms with Crippen LogP contribution in [0.15, 0.2) is 35.2 Å². The number of aryl methyl sites for hydroxylation is 2. The van der Waals surface area contributed by atoms with E-state index >= 15 is 0 Å². The van der Waals surface area contributed by atoms with Gasteiger partial charge in [-0.2, -0.15) is 0 Å². The van der Waals surface area contributed by atoms with Crippen molar-refractivity contribution in [3.8, 4) is 0 Å². The molecule has 0 N–H and O–H groups in total. The Bertz CT molecular complexity index is 754. The second-order valence-electron chi connectivity index (χ2n) is 5.72. The number of hydrogen-bond acceptors (Lipinski definition) is 3. The molecular weight excluding hydrogens is 319 g/mol. The van der Waals surface area contributed by atoms with Crippen LogP contribution >= 0.6 is 0 Å². The minimum Gasteiger partial charge on any atom is -0.744 e. The van der Waals surface area contributed by atoms with Crippen LogP contribution in [-0.4, -0.2) is 13.0 Å². The molecule has 0 unspecified atom stereocenters. The summed E-state index contributed by atoms with van der Waals surface area (Å²) in [5, 5.41) is 1.99. The Morgan fingerprint density at radius 1 is 0.957 bits per heavy atom. The molecule has 120 valence electrons. The molecule has 0 heterocycles. The third-order valence-corrected chi connectivity index (χ3v) is 4.95. The van der Waals surface area contributed by atoms with Gasteiger partial charge in [-0.25, -0.2) is 8.42 Å². The van der Waals surface area contributed by atoms with Crippen molar-refractivity contribution in [1.82, 2.24) is 0 Å². The van der Waals surface area contributed by atoms with Gasteiger partial charge in [0, 0.05) is 0 Å². The summed E-state index contributed by atoms with van der Waals surface area (Å²) >= 11 is 0. The molecule has 0 aliphatic heterocycles. The number of fused-ring (bicyclic) bond motifs is 1. The summed E-state index contributed by atoms with van der Waals surface area (Å²) in [6.45, 7) is 4.16. The minimum absolute atomic E-state index is 0. The molecule has 0 spiro atoms. The number of hydrogen-bond donors (Lipinski definition) is 0. The average Bonchev–Trinajstić information content (AvgIpc) is 2.49. The zero-order valence-electron chi connectivity index (χ0n) is 14.3. The van der Waals surface area contributed by atoms with Crippen LogP contribution in [0.1, 0.15) is 50.7 Å². The largest absolute Gasteiger partial charge is 1.00 e. The van der Waals surface area contributed by atoms with E-state index in [1.165, 1.54) is 0 Å². The van der Waals surface area contributed by atoms with Crippen LogP contribution in [0.5, 0.6) is 0 Å². The van der Waals surface area contributed by atoms with Crippen molar-refractivity contribution >= 4 is 20.9 Å². The number of unbranched alkanes of at least 4 members (excludes halogenated alkanes) is 2. The van der Waals surface area contributed by atoms with Gasteiger partial charge >= 0.3 is 29.6 Å². The molecule has 0 bridgehead atoms. The van der Waals surface area contributed by atoms with Crippen molar-refractivity contribution in [2.45, 2.75) is 57.3 Å². The summed E-state index contributed by atoms with van der Waals surface area (Å²) < 4.78 is 35.2. The molecular formula is C18H23NaO3S. The van der Waals surface area contributed by atoms with E-state index in [2.05, 4.69) is 13.8 Å². The van der Waals surface area contributed by atoms with Gasteiger partial charge in [-0.1, -0.05) is 51.0 Å². The molecule has 0 fully saturated rings. The molecule has 0 atom stereocenters. The molecule has 0 radical (unpaired) electrons. The minimum atomic E-state index is -4.45. The molecule has 3 nitrogen and oxygen atoms in total. The van der Waals surface area contributed by atoms with E-state index in [4.69, 9.17) is 0 Å². The zero-order chi connectivity index (χ0) is 16.2. The van der Waals surface area contributed by atoms with Crippen LogP contribution in [0.2, 0.25) is 0 Å². The molecule has 2 aromatic carbocycles. The van der Waals surface area contributed by atoms with E-state index < -0.39 is 10.1 Å². The molecule has 23 heavy (non-hydrogen) atoms. The van der Waals surface area contributed by atoms with Crippen LogP contribution in [0, 0.1) is 0 Å². The molecule has 2 rings (SSSR count). The van der Waals surface area contributed by atoms with E-state index in [0.29, 0.717) is 12.0 Å². The maximum absolute atomic E-state index is 11.7. The Kier molecular flexibility index (Phi) is 8.25. The first-order valence-corrected chi connectivity index (χ1v) is 9.39. The molecule has 0 amide bonds. The van der Waals surface area contributed by atoms with Crippen molar-refractivity contribution in [2.24, 2.45) is 0 Å². The van der Waals surface area contributed by atoms with Crippen LogP contribution in [-0.2, 0) is 23.0 Å². The van der Waals surface area contributed by atoms with Crippen LogP contribution < -0.4 is 29.6 Å². The smallest absolute Gasteiger partial charge is 0.744 e. The van der Waals surface area contributed by atoms with Crippen LogP contribution in [0.25, 0.3) is 10.8 Å². The fourth-order valence-electron chi connectivity index (χ4n) is 2.89. The predicted octanol–water partition coefficient (Wildman–Crippen LogP) is 1.43. The maximum atomic E-state index is 11.7. The van der Waals surface area contributed by atoms with Gasteiger partial charge in [-0.15, -0.1) is 0 Å². The monoisotopic (exact) mass is 342 g/mol. The third kappa shape index (κ3) is 5.04. The number of benzene rings is 2. The van der Waals surface area contributed by atoms with Gasteiger partial charge < -0.3 is 4.55 Å². The normalized spacial score (nSPS) is 11.4. The van der Waals surface area contributed by atoms with E-state index in [1.807, 2.05) is 24.3 Å². The van der Waals surface area contributed by atoms with Gasteiger partial charge in [0.2, 0.25) is 0 Å².